The Morgan fingerprint density at radius 1 is 0.533 bits per heavy atom. The van der Waals surface area contributed by atoms with Gasteiger partial charge in [0.25, 0.3) is 0 Å². The molecule has 0 amide bonds. The normalized spacial score (nSPS) is 18.6. The van der Waals surface area contributed by atoms with Crippen LogP contribution in [0.1, 0.15) is 118 Å². The second kappa shape index (κ2) is 10.7. The number of hydrogen-bond acceptors (Lipinski definition) is 1. The Labute approximate surface area is 192 Å². The lowest BCUT2D eigenvalue weighted by Gasteiger charge is -2.58. The molecule has 0 saturated carbocycles. The van der Waals surface area contributed by atoms with Crippen molar-refractivity contribution in [2.75, 3.05) is 0 Å². The van der Waals surface area contributed by atoms with Crippen molar-refractivity contribution in [1.29, 1.82) is 0 Å². The summed E-state index contributed by atoms with van der Waals surface area (Å²) in [5, 5.41) is 0. The summed E-state index contributed by atoms with van der Waals surface area (Å²) in [6, 6.07) is 0. The van der Waals surface area contributed by atoms with Gasteiger partial charge < -0.3 is 4.74 Å². The van der Waals surface area contributed by atoms with Crippen LogP contribution in [0.2, 0.25) is 0 Å². The lowest BCUT2D eigenvalue weighted by atomic mass is 9.48. The summed E-state index contributed by atoms with van der Waals surface area (Å²) >= 11 is 0. The summed E-state index contributed by atoms with van der Waals surface area (Å²) in [6.45, 7) is 41.3. The Morgan fingerprint density at radius 3 is 1.17 bits per heavy atom. The van der Waals surface area contributed by atoms with Crippen molar-refractivity contribution in [3.63, 3.8) is 0 Å². The molecule has 4 unspecified atom stereocenters. The first kappa shape index (κ1) is 30.0. The molecule has 0 rings (SSSR count). The Kier molecular flexibility index (Phi) is 10.7. The predicted molar refractivity (Wildman–Crippen MR) is 137 cm³/mol. The predicted octanol–water partition coefficient (Wildman–Crippen LogP) is 9.35. The third-order valence-electron chi connectivity index (χ3n) is 9.18. The van der Waals surface area contributed by atoms with Gasteiger partial charge in [-0.3, -0.25) is 0 Å². The molecule has 0 N–H and O–H groups in total. The molecule has 0 aliphatic carbocycles. The molecular weight excluding hydrogens is 364 g/mol. The lowest BCUT2D eigenvalue weighted by molar-refractivity contribution is -0.154. The molecule has 4 atom stereocenters. The zero-order chi connectivity index (χ0) is 24.4. The topological polar surface area (TPSA) is 9.23 Å². The molecule has 0 fully saturated rings. The molecule has 182 valence electrons. The van der Waals surface area contributed by atoms with Crippen LogP contribution in [0, 0.1) is 57.7 Å². The molecule has 0 heterocycles. The average molecular weight is 425 g/mol. The number of rotatable bonds is 11. The van der Waals surface area contributed by atoms with Crippen LogP contribution in [0.15, 0.2) is 0 Å². The van der Waals surface area contributed by atoms with E-state index in [1.807, 2.05) is 0 Å². The Balaban J connectivity index is 6.98. The monoisotopic (exact) mass is 424 g/mol. The van der Waals surface area contributed by atoms with Gasteiger partial charge in [0.15, 0.2) is 0 Å². The van der Waals surface area contributed by atoms with E-state index in [0.29, 0.717) is 41.4 Å². The fourth-order valence-electron chi connectivity index (χ4n) is 6.11. The molecule has 0 aromatic carbocycles. The van der Waals surface area contributed by atoms with Crippen molar-refractivity contribution >= 4 is 0 Å². The van der Waals surface area contributed by atoms with E-state index in [1.54, 1.807) is 0 Å². The van der Waals surface area contributed by atoms with Crippen LogP contribution in [0.3, 0.4) is 0 Å². The lowest BCUT2D eigenvalue weighted by Crippen LogP contribution is -2.55. The van der Waals surface area contributed by atoms with Crippen molar-refractivity contribution in [1.82, 2.24) is 0 Å². The van der Waals surface area contributed by atoms with E-state index >= 15 is 0 Å². The fourth-order valence-corrected chi connectivity index (χ4v) is 6.11. The van der Waals surface area contributed by atoms with E-state index in [2.05, 4.69) is 118 Å². The van der Waals surface area contributed by atoms with Gasteiger partial charge in [0, 0.05) is 0 Å². The van der Waals surface area contributed by atoms with Crippen molar-refractivity contribution in [2.24, 2.45) is 57.7 Å². The van der Waals surface area contributed by atoms with Gasteiger partial charge in [0.2, 0.25) is 0 Å². The van der Waals surface area contributed by atoms with E-state index in [1.165, 1.54) is 0 Å². The summed E-state index contributed by atoms with van der Waals surface area (Å²) in [6.07, 6.45) is 0.515. The molecule has 1 heteroatoms. The van der Waals surface area contributed by atoms with E-state index in [9.17, 15) is 0 Å². The average Bonchev–Trinajstić information content (AvgIpc) is 2.54. The van der Waals surface area contributed by atoms with Gasteiger partial charge >= 0.3 is 0 Å². The number of hydrogen-bond donors (Lipinski definition) is 0. The molecule has 30 heavy (non-hydrogen) atoms. The fraction of sp³-hybridized carbons (Fsp3) is 1.00. The molecule has 0 radical (unpaired) electrons. The highest BCUT2D eigenvalue weighted by Gasteiger charge is 2.54. The van der Waals surface area contributed by atoms with E-state index < -0.39 is 0 Å². The van der Waals surface area contributed by atoms with Crippen LogP contribution < -0.4 is 0 Å². The van der Waals surface area contributed by atoms with Crippen LogP contribution in [0.4, 0.5) is 0 Å². The Morgan fingerprint density at radius 2 is 0.933 bits per heavy atom. The highest BCUT2D eigenvalue weighted by Crippen LogP contribution is 2.58. The quantitative estimate of drug-likeness (QED) is 0.321. The van der Waals surface area contributed by atoms with Gasteiger partial charge in [-0.1, -0.05) is 104 Å². The maximum absolute atomic E-state index is 6.74. The molecule has 0 aliphatic rings. The maximum atomic E-state index is 6.74. The second-order valence-electron chi connectivity index (χ2n) is 13.8. The minimum atomic E-state index is 0.170. The van der Waals surface area contributed by atoms with Crippen molar-refractivity contribution < 1.29 is 4.74 Å². The number of ether oxygens (including phenoxy) is 1. The molecule has 0 spiro atoms. The van der Waals surface area contributed by atoms with Crippen molar-refractivity contribution in [2.45, 2.75) is 130 Å². The van der Waals surface area contributed by atoms with Gasteiger partial charge in [0.1, 0.15) is 0 Å². The van der Waals surface area contributed by atoms with E-state index in [-0.39, 0.29) is 28.5 Å². The zero-order valence-electron chi connectivity index (χ0n) is 24.1. The van der Waals surface area contributed by atoms with Crippen LogP contribution in [0.5, 0.6) is 0 Å². The summed E-state index contributed by atoms with van der Waals surface area (Å²) < 4.78 is 6.74. The first-order chi connectivity index (χ1) is 13.2. The third kappa shape index (κ3) is 6.49. The maximum Gasteiger partial charge on any atom is 0.0637 e. The first-order valence-electron chi connectivity index (χ1n) is 12.9. The van der Waals surface area contributed by atoms with Crippen LogP contribution in [-0.2, 0) is 4.74 Å². The summed E-state index contributed by atoms with van der Waals surface area (Å²) in [4.78, 5) is 0. The highest BCUT2D eigenvalue weighted by atomic mass is 16.5. The third-order valence-corrected chi connectivity index (χ3v) is 9.18. The van der Waals surface area contributed by atoms with E-state index in [4.69, 9.17) is 4.74 Å². The van der Waals surface area contributed by atoms with E-state index in [0.717, 1.165) is 0 Å². The Hall–Kier alpha value is -0.0400. The van der Waals surface area contributed by atoms with Gasteiger partial charge in [-0.15, -0.1) is 0 Å². The standard InChI is InChI=1S/C29H60O/c1-18(2)26(30-22(9)10)25(27(12,13)14)24(28(15,16)19(3)4)23(11)29(17,20(5)6)21(7)8/h18-26H,1-17H3. The minimum Gasteiger partial charge on any atom is -0.375 e. The van der Waals surface area contributed by atoms with Crippen molar-refractivity contribution in [3.8, 4) is 0 Å². The largest absolute Gasteiger partial charge is 0.375 e. The minimum absolute atomic E-state index is 0.170. The first-order valence-corrected chi connectivity index (χ1v) is 12.9. The van der Waals surface area contributed by atoms with Gasteiger partial charge in [-0.05, 0) is 71.5 Å². The Bertz CT molecular complexity index is 481. The van der Waals surface area contributed by atoms with Gasteiger partial charge in [-0.2, -0.15) is 0 Å². The highest BCUT2D eigenvalue weighted by molar-refractivity contribution is 5.02. The van der Waals surface area contributed by atoms with Crippen LogP contribution >= 0.6 is 0 Å². The molecule has 0 aromatic rings. The molecule has 1 nitrogen and oxygen atoms in total. The SMILES string of the molecule is CC(C)OC(C(C)C)C(C(C(C)C(C)(C(C)C)C(C)C)C(C)(C)C(C)C)C(C)(C)C. The summed E-state index contributed by atoms with van der Waals surface area (Å²) in [5.41, 5.74) is 0.666. The summed E-state index contributed by atoms with van der Waals surface area (Å²) in [7, 11) is 0. The summed E-state index contributed by atoms with van der Waals surface area (Å²) in [5.74, 6) is 4.05. The van der Waals surface area contributed by atoms with Crippen LogP contribution in [-0.4, -0.2) is 12.2 Å². The molecule has 0 aromatic heterocycles. The second-order valence-corrected chi connectivity index (χ2v) is 13.8. The van der Waals surface area contributed by atoms with Crippen LogP contribution in [0.25, 0.3) is 0 Å². The molecular formula is C29H60O. The molecule has 0 bridgehead atoms. The van der Waals surface area contributed by atoms with Gasteiger partial charge in [0.05, 0.1) is 12.2 Å². The van der Waals surface area contributed by atoms with Crippen molar-refractivity contribution in [3.05, 3.63) is 0 Å². The molecule has 0 aliphatic heterocycles. The smallest absolute Gasteiger partial charge is 0.0637 e. The molecule has 0 saturated heterocycles. The van der Waals surface area contributed by atoms with Gasteiger partial charge in [-0.25, -0.2) is 0 Å². The zero-order valence-corrected chi connectivity index (χ0v) is 24.1.